The van der Waals surface area contributed by atoms with Gasteiger partial charge in [0.1, 0.15) is 0 Å². The molecule has 82 valence electrons. The van der Waals surface area contributed by atoms with Gasteiger partial charge >= 0.3 is 0 Å². The summed E-state index contributed by atoms with van der Waals surface area (Å²) >= 11 is 0. The summed E-state index contributed by atoms with van der Waals surface area (Å²) in [7, 11) is -4.03. The summed E-state index contributed by atoms with van der Waals surface area (Å²) in [4.78, 5) is 0. The zero-order valence-electron chi connectivity index (χ0n) is 8.31. The number of hydrogen-bond donors (Lipinski definition) is 0. The van der Waals surface area contributed by atoms with Crippen molar-refractivity contribution in [1.29, 1.82) is 0 Å². The predicted molar refractivity (Wildman–Crippen MR) is 52.8 cm³/mol. The first-order valence-electron chi connectivity index (χ1n) is 5.52. The first kappa shape index (κ1) is 10.4. The zero-order valence-corrected chi connectivity index (χ0v) is 9.13. The van der Waals surface area contributed by atoms with Gasteiger partial charge in [0.15, 0.2) is 0 Å². The van der Waals surface area contributed by atoms with E-state index in [2.05, 4.69) is 0 Å². The molecule has 0 radical (unpaired) electrons. The van der Waals surface area contributed by atoms with E-state index in [4.69, 9.17) is 0 Å². The lowest BCUT2D eigenvalue weighted by atomic mass is 9.71. The second-order valence-electron chi connectivity index (χ2n) is 4.73. The third-order valence-electron chi connectivity index (χ3n) is 3.90. The maximum absolute atomic E-state index is 10.9. The summed E-state index contributed by atoms with van der Waals surface area (Å²) in [6.45, 7) is 0. The van der Waals surface area contributed by atoms with Gasteiger partial charge in [0.2, 0.25) is 0 Å². The highest BCUT2D eigenvalue weighted by Crippen LogP contribution is 2.41. The maximum atomic E-state index is 10.9. The Balaban J connectivity index is 2.03. The van der Waals surface area contributed by atoms with Gasteiger partial charge < -0.3 is 4.55 Å². The smallest absolute Gasteiger partial charge is 0.0975 e. The van der Waals surface area contributed by atoms with Gasteiger partial charge in [-0.1, -0.05) is 25.7 Å². The molecule has 2 rings (SSSR count). The van der Waals surface area contributed by atoms with Crippen molar-refractivity contribution in [2.45, 2.75) is 50.2 Å². The Kier molecular flexibility index (Phi) is 2.84. The van der Waals surface area contributed by atoms with E-state index in [0.717, 1.165) is 12.8 Å². The minimum absolute atomic E-state index is 0.520. The molecule has 0 bridgehead atoms. The van der Waals surface area contributed by atoms with Crippen molar-refractivity contribution in [2.24, 2.45) is 11.8 Å². The van der Waals surface area contributed by atoms with Crippen LogP contribution in [0.4, 0.5) is 0 Å². The average molecular weight is 217 g/mol. The molecule has 0 aromatic rings. The first-order valence-corrected chi connectivity index (χ1v) is 6.99. The SMILES string of the molecule is O=S(=O)([O-])C1CCC2CCCCC2C1. The number of fused-ring (bicyclic) bond motifs is 1. The molecule has 0 N–H and O–H groups in total. The number of hydrogen-bond acceptors (Lipinski definition) is 3. The van der Waals surface area contributed by atoms with Crippen LogP contribution in [0.25, 0.3) is 0 Å². The summed E-state index contributed by atoms with van der Waals surface area (Å²) in [5.74, 6) is 1.23. The summed E-state index contributed by atoms with van der Waals surface area (Å²) in [6, 6.07) is 0. The second-order valence-corrected chi connectivity index (χ2v) is 6.38. The molecular weight excluding hydrogens is 200 g/mol. The van der Waals surface area contributed by atoms with Gasteiger partial charge in [-0.15, -0.1) is 0 Å². The van der Waals surface area contributed by atoms with E-state index in [1.807, 2.05) is 0 Å². The van der Waals surface area contributed by atoms with Crippen LogP contribution in [0.15, 0.2) is 0 Å². The van der Waals surface area contributed by atoms with E-state index in [-0.39, 0.29) is 0 Å². The molecule has 0 amide bonds. The molecule has 2 fully saturated rings. The highest BCUT2D eigenvalue weighted by Gasteiger charge is 2.34. The molecule has 3 unspecified atom stereocenters. The molecule has 0 spiro atoms. The second kappa shape index (κ2) is 3.81. The van der Waals surface area contributed by atoms with Crippen LogP contribution in [0.5, 0.6) is 0 Å². The van der Waals surface area contributed by atoms with E-state index in [1.165, 1.54) is 19.3 Å². The summed E-state index contributed by atoms with van der Waals surface area (Å²) in [5.41, 5.74) is 0. The van der Waals surface area contributed by atoms with Gasteiger partial charge in [-0.05, 0) is 31.1 Å². The van der Waals surface area contributed by atoms with Crippen LogP contribution in [0.3, 0.4) is 0 Å². The molecule has 0 heterocycles. The molecule has 2 saturated carbocycles. The Morgan fingerprint density at radius 2 is 1.57 bits per heavy atom. The molecule has 0 saturated heterocycles. The summed E-state index contributed by atoms with van der Waals surface area (Å²) in [6.07, 6.45) is 7.08. The fourth-order valence-corrected chi connectivity index (χ4v) is 4.00. The quantitative estimate of drug-likeness (QED) is 0.630. The normalized spacial score (nSPS) is 39.1. The van der Waals surface area contributed by atoms with E-state index >= 15 is 0 Å². The standard InChI is InChI=1S/C10H18O3S/c11-14(12,13)10-6-5-8-3-1-2-4-9(8)7-10/h8-10H,1-7H2,(H,11,12,13)/p-1. The van der Waals surface area contributed by atoms with Crippen LogP contribution >= 0.6 is 0 Å². The molecule has 3 nitrogen and oxygen atoms in total. The molecule has 2 aliphatic rings. The van der Waals surface area contributed by atoms with Crippen LogP contribution in [0.2, 0.25) is 0 Å². The highest BCUT2D eigenvalue weighted by atomic mass is 32.2. The minimum Gasteiger partial charge on any atom is -0.748 e. The van der Waals surface area contributed by atoms with Crippen LogP contribution in [0, 0.1) is 11.8 Å². The fraction of sp³-hybridized carbons (Fsp3) is 1.00. The van der Waals surface area contributed by atoms with E-state index in [9.17, 15) is 13.0 Å². The molecule has 0 aromatic heterocycles. The van der Waals surface area contributed by atoms with Crippen LogP contribution < -0.4 is 0 Å². The fourth-order valence-electron chi connectivity index (χ4n) is 3.09. The topological polar surface area (TPSA) is 57.2 Å². The van der Waals surface area contributed by atoms with Crippen molar-refractivity contribution in [3.63, 3.8) is 0 Å². The minimum atomic E-state index is -4.03. The van der Waals surface area contributed by atoms with Crippen LogP contribution in [0.1, 0.15) is 44.9 Å². The van der Waals surface area contributed by atoms with Crippen molar-refractivity contribution in [1.82, 2.24) is 0 Å². The Morgan fingerprint density at radius 1 is 0.929 bits per heavy atom. The molecule has 4 heteroatoms. The Bertz CT molecular complexity index is 296. The van der Waals surface area contributed by atoms with Gasteiger partial charge in [0.25, 0.3) is 0 Å². The lowest BCUT2D eigenvalue weighted by Crippen LogP contribution is -2.34. The molecule has 0 aliphatic heterocycles. The summed E-state index contributed by atoms with van der Waals surface area (Å²) < 4.78 is 32.7. The lowest BCUT2D eigenvalue weighted by molar-refractivity contribution is 0.170. The zero-order chi connectivity index (χ0) is 10.2. The lowest BCUT2D eigenvalue weighted by Gasteiger charge is -2.39. The molecule has 0 aromatic carbocycles. The van der Waals surface area contributed by atoms with Gasteiger partial charge in [-0.25, -0.2) is 8.42 Å². The van der Waals surface area contributed by atoms with Crippen molar-refractivity contribution in [2.75, 3.05) is 0 Å². The van der Waals surface area contributed by atoms with Gasteiger partial charge in [-0.2, -0.15) is 0 Å². The van der Waals surface area contributed by atoms with E-state index in [0.29, 0.717) is 24.7 Å². The van der Waals surface area contributed by atoms with Crippen LogP contribution in [-0.2, 0) is 10.1 Å². The number of rotatable bonds is 1. The van der Waals surface area contributed by atoms with Crippen molar-refractivity contribution >= 4 is 10.1 Å². The molecule has 14 heavy (non-hydrogen) atoms. The van der Waals surface area contributed by atoms with Gasteiger partial charge in [-0.3, -0.25) is 0 Å². The third kappa shape index (κ3) is 2.11. The molecular formula is C10H17O3S-. The van der Waals surface area contributed by atoms with Crippen molar-refractivity contribution < 1.29 is 13.0 Å². The van der Waals surface area contributed by atoms with Crippen molar-refractivity contribution in [3.05, 3.63) is 0 Å². The Morgan fingerprint density at radius 3 is 2.21 bits per heavy atom. The maximum Gasteiger partial charge on any atom is 0.0975 e. The first-order chi connectivity index (χ1) is 6.57. The molecule has 3 atom stereocenters. The largest absolute Gasteiger partial charge is 0.748 e. The third-order valence-corrected chi connectivity index (χ3v) is 5.14. The monoisotopic (exact) mass is 217 g/mol. The Hall–Kier alpha value is -0.0900. The summed E-state index contributed by atoms with van der Waals surface area (Å²) in [5, 5.41) is -0.582. The van der Waals surface area contributed by atoms with E-state index in [1.54, 1.807) is 0 Å². The van der Waals surface area contributed by atoms with Crippen LogP contribution in [-0.4, -0.2) is 18.2 Å². The highest BCUT2D eigenvalue weighted by molar-refractivity contribution is 7.86. The van der Waals surface area contributed by atoms with Gasteiger partial charge in [0, 0.05) is 5.25 Å². The Labute approximate surface area is 85.6 Å². The van der Waals surface area contributed by atoms with E-state index < -0.39 is 15.4 Å². The average Bonchev–Trinajstić information content (AvgIpc) is 2.16. The molecule has 2 aliphatic carbocycles. The predicted octanol–water partition coefficient (Wildman–Crippen LogP) is 1.89. The van der Waals surface area contributed by atoms with Crippen molar-refractivity contribution in [3.8, 4) is 0 Å². The van der Waals surface area contributed by atoms with Gasteiger partial charge in [0.05, 0.1) is 10.1 Å².